The van der Waals surface area contributed by atoms with Gasteiger partial charge in [-0.3, -0.25) is 0 Å². The lowest BCUT2D eigenvalue weighted by atomic mass is 10.1. The molecule has 0 unspecified atom stereocenters. The topological polar surface area (TPSA) is 84.5 Å². The minimum atomic E-state index is -0.935. The fourth-order valence-electron chi connectivity index (χ4n) is 1.31. The van der Waals surface area contributed by atoms with Crippen molar-refractivity contribution in [2.75, 3.05) is 0 Å². The quantitative estimate of drug-likeness (QED) is 0.504. The van der Waals surface area contributed by atoms with Gasteiger partial charge in [-0.05, 0) is 32.8 Å². The van der Waals surface area contributed by atoms with Crippen LogP contribution < -0.4 is 0 Å². The van der Waals surface area contributed by atoms with E-state index in [0.717, 1.165) is 23.4 Å². The predicted molar refractivity (Wildman–Crippen MR) is 67.0 cm³/mol. The molecule has 0 aromatic carbocycles. The van der Waals surface area contributed by atoms with Gasteiger partial charge in [-0.1, -0.05) is 18.6 Å². The van der Waals surface area contributed by atoms with Crippen LogP contribution in [-0.4, -0.2) is 27.0 Å². The third kappa shape index (κ3) is 4.35. The van der Waals surface area contributed by atoms with Crippen molar-refractivity contribution >= 4 is 12.0 Å². The van der Waals surface area contributed by atoms with E-state index in [1.807, 2.05) is 20.8 Å². The molecule has 1 aromatic heterocycles. The van der Waals surface area contributed by atoms with E-state index in [0.29, 0.717) is 0 Å². The van der Waals surface area contributed by atoms with Gasteiger partial charge in [0.05, 0.1) is 11.4 Å². The van der Waals surface area contributed by atoms with E-state index in [4.69, 9.17) is 5.11 Å². The fourth-order valence-corrected chi connectivity index (χ4v) is 1.31. The lowest BCUT2D eigenvalue weighted by molar-refractivity contribution is -0.132. The van der Waals surface area contributed by atoms with Crippen LogP contribution in [-0.2, 0) is 16.0 Å². The van der Waals surface area contributed by atoms with Crippen LogP contribution >= 0.6 is 0 Å². The van der Waals surface area contributed by atoms with Crippen molar-refractivity contribution in [3.63, 3.8) is 0 Å². The molecule has 1 aromatic rings. The van der Waals surface area contributed by atoms with Crippen molar-refractivity contribution in [2.24, 2.45) is 5.10 Å². The van der Waals surface area contributed by atoms with Crippen molar-refractivity contribution in [1.82, 2.24) is 9.89 Å². The number of aryl methyl sites for hydroxylation is 1. The second kappa shape index (κ2) is 7.19. The molecule has 0 saturated heterocycles. The maximum Gasteiger partial charge on any atom is 0.330 e. The van der Waals surface area contributed by atoms with Gasteiger partial charge in [-0.15, -0.1) is 4.79 Å². The summed E-state index contributed by atoms with van der Waals surface area (Å²) in [5.74, 6) is -0.935. The van der Waals surface area contributed by atoms with Crippen LogP contribution in [0.4, 0.5) is 0 Å². The number of nitrogens with zero attached hydrogens (tertiary/aromatic N) is 3. The molecule has 1 heterocycles. The second-order valence-electron chi connectivity index (χ2n) is 3.67. The van der Waals surface area contributed by atoms with E-state index in [-0.39, 0.29) is 5.57 Å². The van der Waals surface area contributed by atoms with Gasteiger partial charge in [-0.25, -0.2) is 9.59 Å². The molecule has 1 N–H and O–H groups in total. The molecule has 0 saturated carbocycles. The largest absolute Gasteiger partial charge is 0.478 e. The van der Waals surface area contributed by atoms with Crippen LogP contribution in [0.15, 0.2) is 17.3 Å². The van der Waals surface area contributed by atoms with Crippen molar-refractivity contribution in [3.05, 3.63) is 29.1 Å². The SMILES string of the molecule is C=C(C)C(=O)O.CCc1c(C)nn(N=C=O)c1C. The lowest BCUT2D eigenvalue weighted by Gasteiger charge is -1.93. The summed E-state index contributed by atoms with van der Waals surface area (Å²) in [7, 11) is 0. The van der Waals surface area contributed by atoms with Crippen LogP contribution in [0.25, 0.3) is 0 Å². The van der Waals surface area contributed by atoms with Gasteiger partial charge in [-0.2, -0.15) is 5.10 Å². The molecule has 0 aliphatic carbocycles. The maximum absolute atomic E-state index is 9.98. The Morgan fingerprint density at radius 1 is 1.56 bits per heavy atom. The van der Waals surface area contributed by atoms with Gasteiger partial charge in [0.1, 0.15) is 0 Å². The summed E-state index contributed by atoms with van der Waals surface area (Å²) in [4.78, 5) is 20.9. The number of aromatic nitrogens is 2. The molecule has 0 radical (unpaired) electrons. The highest BCUT2D eigenvalue weighted by Gasteiger charge is 2.08. The summed E-state index contributed by atoms with van der Waals surface area (Å²) in [6.07, 6.45) is 2.37. The highest BCUT2D eigenvalue weighted by atomic mass is 16.4. The van der Waals surface area contributed by atoms with Crippen LogP contribution in [0, 0.1) is 13.8 Å². The van der Waals surface area contributed by atoms with Gasteiger partial charge in [0.2, 0.25) is 0 Å². The summed E-state index contributed by atoms with van der Waals surface area (Å²) in [6, 6.07) is 0. The molecule has 1 rings (SSSR count). The number of carbonyl (C=O) groups excluding carboxylic acids is 1. The summed E-state index contributed by atoms with van der Waals surface area (Å²) in [6.45, 7) is 10.4. The summed E-state index contributed by atoms with van der Waals surface area (Å²) >= 11 is 0. The highest BCUT2D eigenvalue weighted by molar-refractivity contribution is 5.84. The first-order valence-electron chi connectivity index (χ1n) is 5.37. The molecule has 18 heavy (non-hydrogen) atoms. The van der Waals surface area contributed by atoms with E-state index in [2.05, 4.69) is 16.8 Å². The highest BCUT2D eigenvalue weighted by Crippen LogP contribution is 2.12. The molecule has 98 valence electrons. The summed E-state index contributed by atoms with van der Waals surface area (Å²) < 4.78 is 0. The minimum absolute atomic E-state index is 0.176. The predicted octanol–water partition coefficient (Wildman–Crippen LogP) is 1.81. The van der Waals surface area contributed by atoms with Gasteiger partial charge in [0, 0.05) is 5.57 Å². The number of carboxylic acids is 1. The lowest BCUT2D eigenvalue weighted by Crippen LogP contribution is -1.93. The Bertz CT molecular complexity index is 485. The van der Waals surface area contributed by atoms with Crippen LogP contribution in [0.1, 0.15) is 30.8 Å². The fraction of sp³-hybridized carbons (Fsp3) is 0.417. The zero-order chi connectivity index (χ0) is 14.3. The van der Waals surface area contributed by atoms with Crippen molar-refractivity contribution in [2.45, 2.75) is 34.1 Å². The molecule has 0 spiro atoms. The molecule has 0 aliphatic rings. The summed E-state index contributed by atoms with van der Waals surface area (Å²) in [5.41, 5.74) is 3.16. The average molecular weight is 251 g/mol. The number of hydrogen-bond acceptors (Lipinski definition) is 4. The monoisotopic (exact) mass is 251 g/mol. The molecule has 0 fully saturated rings. The Morgan fingerprint density at radius 2 is 2.06 bits per heavy atom. The van der Waals surface area contributed by atoms with Crippen LogP contribution in [0.3, 0.4) is 0 Å². The number of carbonyl (C=O) groups is 1. The number of aliphatic carboxylic acids is 1. The normalized spacial score (nSPS) is 8.89. The van der Waals surface area contributed by atoms with E-state index in [1.165, 1.54) is 17.8 Å². The van der Waals surface area contributed by atoms with Crippen LogP contribution in [0.5, 0.6) is 0 Å². The van der Waals surface area contributed by atoms with E-state index in [9.17, 15) is 9.59 Å². The third-order valence-electron chi connectivity index (χ3n) is 2.27. The van der Waals surface area contributed by atoms with Crippen molar-refractivity contribution < 1.29 is 14.7 Å². The zero-order valence-electron chi connectivity index (χ0n) is 11.0. The average Bonchev–Trinajstić information content (AvgIpc) is 2.55. The Balaban J connectivity index is 0.000000411. The number of rotatable bonds is 3. The molecule has 0 bridgehead atoms. The number of isocyanates is 1. The minimum Gasteiger partial charge on any atom is -0.478 e. The molecule has 6 nitrogen and oxygen atoms in total. The van der Waals surface area contributed by atoms with E-state index in [1.54, 1.807) is 0 Å². The Morgan fingerprint density at radius 3 is 2.33 bits per heavy atom. The second-order valence-corrected chi connectivity index (χ2v) is 3.67. The van der Waals surface area contributed by atoms with Crippen molar-refractivity contribution in [1.29, 1.82) is 0 Å². The Labute approximate surface area is 106 Å². The Kier molecular flexibility index (Phi) is 6.31. The molecular formula is C12H17N3O3. The van der Waals surface area contributed by atoms with Gasteiger partial charge >= 0.3 is 5.97 Å². The number of hydrogen-bond donors (Lipinski definition) is 1. The Hall–Kier alpha value is -2.20. The molecule has 0 aliphatic heterocycles. The maximum atomic E-state index is 9.98. The third-order valence-corrected chi connectivity index (χ3v) is 2.27. The molecule has 0 amide bonds. The number of carboxylic acid groups (broad SMARTS) is 1. The van der Waals surface area contributed by atoms with Gasteiger partial charge < -0.3 is 5.11 Å². The first-order valence-corrected chi connectivity index (χ1v) is 5.37. The van der Waals surface area contributed by atoms with Gasteiger partial charge in [0.15, 0.2) is 0 Å². The molecule has 6 heteroatoms. The molecule has 0 atom stereocenters. The van der Waals surface area contributed by atoms with Crippen LogP contribution in [0.2, 0.25) is 0 Å². The first kappa shape index (κ1) is 15.8. The smallest absolute Gasteiger partial charge is 0.330 e. The first-order chi connectivity index (χ1) is 8.34. The zero-order valence-corrected chi connectivity index (χ0v) is 11.0. The summed E-state index contributed by atoms with van der Waals surface area (Å²) in [5, 5.41) is 15.4. The van der Waals surface area contributed by atoms with Gasteiger partial charge in [0.25, 0.3) is 6.08 Å². The van der Waals surface area contributed by atoms with E-state index < -0.39 is 5.97 Å². The van der Waals surface area contributed by atoms with Crippen molar-refractivity contribution in [3.8, 4) is 0 Å². The molecular weight excluding hydrogens is 234 g/mol. The van der Waals surface area contributed by atoms with E-state index >= 15 is 0 Å². The standard InChI is InChI=1S/C8H11N3O.C4H6O2/c1-4-8-6(2)10-11(7(8)3)9-5-12;1-3(2)4(5)6/h4H2,1-3H3;1H2,2H3,(H,5,6).